The van der Waals surface area contributed by atoms with Gasteiger partial charge < -0.3 is 5.73 Å². The maximum atomic E-state index is 5.67. The Morgan fingerprint density at radius 2 is 1.20 bits per heavy atom. The summed E-state index contributed by atoms with van der Waals surface area (Å²) in [5, 5.41) is 0.613. The lowest BCUT2D eigenvalue weighted by atomic mass is 10.3. The van der Waals surface area contributed by atoms with Gasteiger partial charge in [0, 0.05) is 10.9 Å². The van der Waals surface area contributed by atoms with E-state index in [9.17, 15) is 0 Å². The number of hydrogen-bond acceptors (Lipinski definition) is 7. The van der Waals surface area contributed by atoms with Crippen LogP contribution in [0.15, 0.2) is 24.3 Å². The summed E-state index contributed by atoms with van der Waals surface area (Å²) in [5.74, 6) is 0. The fourth-order valence-corrected chi connectivity index (χ4v) is 3.05. The average Bonchev–Trinajstić information content (AvgIpc) is 2.48. The molecule has 0 amide bonds. The Morgan fingerprint density at radius 3 is 1.55 bits per heavy atom. The van der Waals surface area contributed by atoms with E-state index in [1.165, 1.54) is 0 Å². The third-order valence-electron chi connectivity index (χ3n) is 2.12. The molecule has 0 fully saturated rings. The fraction of sp³-hybridized carbons (Fsp3) is 0.500. The van der Waals surface area contributed by atoms with E-state index in [4.69, 9.17) is 34.1 Å². The molecule has 7 nitrogen and oxygen atoms in total. The minimum atomic E-state index is -3.48. The lowest BCUT2D eigenvalue weighted by Crippen LogP contribution is -2.56. The van der Waals surface area contributed by atoms with E-state index in [1.54, 1.807) is 45.0 Å². The van der Waals surface area contributed by atoms with E-state index in [2.05, 4.69) is 0 Å². The van der Waals surface area contributed by atoms with E-state index in [1.807, 2.05) is 0 Å². The van der Waals surface area contributed by atoms with Gasteiger partial charge in [0.1, 0.15) is 0 Å². The third kappa shape index (κ3) is 4.83. The quantitative estimate of drug-likeness (QED) is 0.302. The van der Waals surface area contributed by atoms with Gasteiger partial charge in [-0.05, 0) is 32.9 Å². The molecule has 1 aromatic carbocycles. The van der Waals surface area contributed by atoms with Crippen molar-refractivity contribution in [3.63, 3.8) is 0 Å². The number of nitrogens with two attached hydrogens (primary N) is 1. The van der Waals surface area contributed by atoms with Gasteiger partial charge in [-0.2, -0.15) is 0 Å². The molecule has 0 bridgehead atoms. The second-order valence-electron chi connectivity index (χ2n) is 3.65. The zero-order valence-corrected chi connectivity index (χ0v) is 13.0. The molecule has 0 unspecified atom stereocenters. The van der Waals surface area contributed by atoms with E-state index < -0.39 is 8.80 Å². The lowest BCUT2D eigenvalue weighted by Gasteiger charge is -2.25. The highest BCUT2D eigenvalue weighted by molar-refractivity contribution is 6.74. The number of rotatable bonds is 10. The summed E-state index contributed by atoms with van der Waals surface area (Å²) < 4.78 is 15.9. The normalized spacial score (nSPS) is 11.8. The number of benzene rings is 1. The van der Waals surface area contributed by atoms with Crippen molar-refractivity contribution in [1.82, 2.24) is 0 Å². The second-order valence-corrected chi connectivity index (χ2v) is 5.84. The Balaban J connectivity index is 3.00. The second kappa shape index (κ2) is 9.03. The molecular formula is C12H21NO6Si. The maximum Gasteiger partial charge on any atom is 0.620 e. The zero-order chi connectivity index (χ0) is 14.8. The first-order chi connectivity index (χ1) is 9.68. The Bertz CT molecular complexity index is 353. The van der Waals surface area contributed by atoms with Gasteiger partial charge in [0.15, 0.2) is 0 Å². The molecule has 20 heavy (non-hydrogen) atoms. The number of nitrogen functional groups attached to an aromatic ring is 1. The fourth-order valence-electron chi connectivity index (χ4n) is 1.28. The average molecular weight is 303 g/mol. The molecule has 0 heterocycles. The van der Waals surface area contributed by atoms with Gasteiger partial charge in [-0.1, -0.05) is 12.1 Å². The van der Waals surface area contributed by atoms with Crippen LogP contribution in [0.2, 0.25) is 0 Å². The van der Waals surface area contributed by atoms with Crippen molar-refractivity contribution < 1.29 is 28.4 Å². The SMILES string of the molecule is CCOO[Si](OOCC)(OOCC)c1ccc(N)cc1. The molecule has 114 valence electrons. The van der Waals surface area contributed by atoms with Gasteiger partial charge in [-0.25, -0.2) is 28.4 Å². The molecule has 1 rings (SSSR count). The van der Waals surface area contributed by atoms with Gasteiger partial charge in [0.2, 0.25) is 0 Å². The molecule has 0 aromatic heterocycles. The van der Waals surface area contributed by atoms with Crippen LogP contribution in [0.4, 0.5) is 5.69 Å². The first kappa shape index (κ1) is 17.0. The first-order valence-electron chi connectivity index (χ1n) is 6.46. The predicted octanol–water partition coefficient (Wildman–Crippen LogP) is 1.32. The van der Waals surface area contributed by atoms with Crippen molar-refractivity contribution in [2.24, 2.45) is 0 Å². The van der Waals surface area contributed by atoms with Crippen molar-refractivity contribution in [3.8, 4) is 0 Å². The predicted molar refractivity (Wildman–Crippen MR) is 74.4 cm³/mol. The van der Waals surface area contributed by atoms with Crippen molar-refractivity contribution in [1.29, 1.82) is 0 Å². The molecule has 0 saturated heterocycles. The van der Waals surface area contributed by atoms with Gasteiger partial charge in [0.05, 0.1) is 19.8 Å². The molecule has 0 spiro atoms. The van der Waals surface area contributed by atoms with Crippen LogP contribution in [0.5, 0.6) is 0 Å². The van der Waals surface area contributed by atoms with Crippen LogP contribution in [-0.2, 0) is 28.4 Å². The van der Waals surface area contributed by atoms with Gasteiger partial charge in [-0.15, -0.1) is 0 Å². The monoisotopic (exact) mass is 303 g/mol. The minimum Gasteiger partial charge on any atom is -0.399 e. The molecule has 0 atom stereocenters. The van der Waals surface area contributed by atoms with Crippen molar-refractivity contribution in [3.05, 3.63) is 24.3 Å². The maximum absolute atomic E-state index is 5.67. The summed E-state index contributed by atoms with van der Waals surface area (Å²) in [4.78, 5) is 15.0. The molecule has 0 saturated carbocycles. The van der Waals surface area contributed by atoms with Gasteiger partial charge >= 0.3 is 8.80 Å². The largest absolute Gasteiger partial charge is 0.620 e. The summed E-state index contributed by atoms with van der Waals surface area (Å²) in [5.41, 5.74) is 6.28. The topological polar surface area (TPSA) is 81.4 Å². The minimum absolute atomic E-state index is 0.328. The van der Waals surface area contributed by atoms with E-state index in [0.29, 0.717) is 30.7 Å². The lowest BCUT2D eigenvalue weighted by molar-refractivity contribution is -0.354. The zero-order valence-electron chi connectivity index (χ0n) is 12.0. The van der Waals surface area contributed by atoms with Crippen LogP contribution in [0.3, 0.4) is 0 Å². The molecular weight excluding hydrogens is 282 g/mol. The molecule has 0 aliphatic carbocycles. The van der Waals surface area contributed by atoms with Gasteiger partial charge in [-0.3, -0.25) is 0 Å². The summed E-state index contributed by atoms with van der Waals surface area (Å²) in [6.07, 6.45) is 0. The molecule has 0 aliphatic rings. The van der Waals surface area contributed by atoms with Crippen LogP contribution < -0.4 is 10.9 Å². The van der Waals surface area contributed by atoms with Crippen molar-refractivity contribution in [2.75, 3.05) is 25.6 Å². The summed E-state index contributed by atoms with van der Waals surface area (Å²) in [7, 11) is -3.48. The summed E-state index contributed by atoms with van der Waals surface area (Å²) in [6.45, 7) is 6.33. The highest BCUT2D eigenvalue weighted by Gasteiger charge is 2.50. The van der Waals surface area contributed by atoms with Crippen LogP contribution in [0.1, 0.15) is 20.8 Å². The molecule has 0 aliphatic heterocycles. The van der Waals surface area contributed by atoms with E-state index in [-0.39, 0.29) is 0 Å². The van der Waals surface area contributed by atoms with Crippen LogP contribution in [0, 0.1) is 0 Å². The number of anilines is 1. The van der Waals surface area contributed by atoms with E-state index in [0.717, 1.165) is 0 Å². The Kier molecular flexibility index (Phi) is 7.70. The standard InChI is InChI=1S/C12H21NO6Si/c1-4-14-17-20(18-15-5-2,19-16-6-3)12-9-7-11(13)8-10-12/h7-10H,4-6,13H2,1-3H3. The third-order valence-corrected chi connectivity index (χ3v) is 4.18. The van der Waals surface area contributed by atoms with E-state index >= 15 is 0 Å². The first-order valence-corrected chi connectivity index (χ1v) is 8.18. The van der Waals surface area contributed by atoms with Crippen LogP contribution in [0.25, 0.3) is 0 Å². The Labute approximate surface area is 119 Å². The Morgan fingerprint density at radius 1 is 0.800 bits per heavy atom. The molecule has 2 N–H and O–H groups in total. The van der Waals surface area contributed by atoms with Crippen LogP contribution in [-0.4, -0.2) is 28.6 Å². The molecule has 0 radical (unpaired) electrons. The van der Waals surface area contributed by atoms with Gasteiger partial charge in [0.25, 0.3) is 0 Å². The summed E-state index contributed by atoms with van der Waals surface area (Å²) in [6, 6.07) is 6.85. The molecule has 1 aromatic rings. The number of hydrogen-bond donors (Lipinski definition) is 1. The molecule has 8 heteroatoms. The smallest absolute Gasteiger partial charge is 0.399 e. The van der Waals surface area contributed by atoms with Crippen molar-refractivity contribution in [2.45, 2.75) is 20.8 Å². The highest BCUT2D eigenvalue weighted by Crippen LogP contribution is 2.14. The Hall–Kier alpha value is -1.00. The van der Waals surface area contributed by atoms with Crippen molar-refractivity contribution >= 4 is 19.7 Å². The summed E-state index contributed by atoms with van der Waals surface area (Å²) >= 11 is 0. The van der Waals surface area contributed by atoms with Crippen LogP contribution >= 0.6 is 0 Å². The highest BCUT2D eigenvalue weighted by atomic mass is 28.4.